The molecule has 1 aromatic carbocycles. The standard InChI is InChI=1S/C16H23NO3Si/c1-4-18-21(19-5-2,20-6-3)16(12-13-17)14-15-10-8-7-9-11-15/h7-11,14H,4-6,12H2,1-3H3. The maximum atomic E-state index is 9.15. The van der Waals surface area contributed by atoms with Crippen molar-refractivity contribution in [3.05, 3.63) is 41.1 Å². The van der Waals surface area contributed by atoms with Gasteiger partial charge in [0, 0.05) is 25.0 Å². The van der Waals surface area contributed by atoms with Crippen molar-refractivity contribution in [1.82, 2.24) is 0 Å². The van der Waals surface area contributed by atoms with E-state index in [1.54, 1.807) is 0 Å². The molecule has 0 aliphatic heterocycles. The molecule has 0 amide bonds. The smallest absolute Gasteiger partial charge is 0.370 e. The third-order valence-electron chi connectivity index (χ3n) is 2.81. The average molecular weight is 305 g/mol. The fourth-order valence-corrected chi connectivity index (χ4v) is 4.64. The maximum Gasteiger partial charge on any atom is 0.534 e. The van der Waals surface area contributed by atoms with Gasteiger partial charge in [-0.1, -0.05) is 36.4 Å². The van der Waals surface area contributed by atoms with E-state index < -0.39 is 8.80 Å². The van der Waals surface area contributed by atoms with E-state index in [1.807, 2.05) is 57.2 Å². The highest BCUT2D eigenvalue weighted by molar-refractivity contribution is 6.69. The van der Waals surface area contributed by atoms with Gasteiger partial charge in [0.15, 0.2) is 0 Å². The quantitative estimate of drug-likeness (QED) is 0.654. The van der Waals surface area contributed by atoms with Crippen LogP contribution >= 0.6 is 0 Å². The van der Waals surface area contributed by atoms with Crippen LogP contribution in [0.5, 0.6) is 0 Å². The maximum absolute atomic E-state index is 9.15. The van der Waals surface area contributed by atoms with Crippen LogP contribution in [0.3, 0.4) is 0 Å². The summed E-state index contributed by atoms with van der Waals surface area (Å²) in [6.45, 7) is 7.20. The van der Waals surface area contributed by atoms with Crippen molar-refractivity contribution in [1.29, 1.82) is 5.26 Å². The van der Waals surface area contributed by atoms with E-state index in [-0.39, 0.29) is 6.42 Å². The Balaban J connectivity index is 3.24. The normalized spacial score (nSPS) is 12.2. The molecule has 4 nitrogen and oxygen atoms in total. The van der Waals surface area contributed by atoms with Crippen LogP contribution < -0.4 is 0 Å². The van der Waals surface area contributed by atoms with Gasteiger partial charge in [-0.05, 0) is 26.3 Å². The largest absolute Gasteiger partial charge is 0.534 e. The molecule has 0 radical (unpaired) electrons. The number of hydrogen-bond acceptors (Lipinski definition) is 4. The summed E-state index contributed by atoms with van der Waals surface area (Å²) >= 11 is 0. The molecule has 0 atom stereocenters. The van der Waals surface area contributed by atoms with Crippen molar-refractivity contribution in [2.24, 2.45) is 0 Å². The summed E-state index contributed by atoms with van der Waals surface area (Å²) < 4.78 is 17.6. The van der Waals surface area contributed by atoms with Gasteiger partial charge >= 0.3 is 8.80 Å². The number of rotatable bonds is 9. The lowest BCUT2D eigenvalue weighted by atomic mass is 10.2. The van der Waals surface area contributed by atoms with E-state index >= 15 is 0 Å². The Morgan fingerprint density at radius 1 is 1.05 bits per heavy atom. The van der Waals surface area contributed by atoms with Gasteiger partial charge in [-0.25, -0.2) is 0 Å². The van der Waals surface area contributed by atoms with E-state index in [1.165, 1.54) is 0 Å². The third kappa shape index (κ3) is 5.10. The molecule has 1 rings (SSSR count). The minimum atomic E-state index is -2.99. The van der Waals surface area contributed by atoms with Crippen molar-refractivity contribution >= 4 is 14.9 Å². The highest BCUT2D eigenvalue weighted by Gasteiger charge is 2.45. The number of hydrogen-bond donors (Lipinski definition) is 0. The Kier molecular flexibility index (Phi) is 7.94. The Hall–Kier alpha value is -1.45. The summed E-state index contributed by atoms with van der Waals surface area (Å²) in [6.07, 6.45) is 2.19. The predicted octanol–water partition coefficient (Wildman–Crippen LogP) is 3.57. The first kappa shape index (κ1) is 17.6. The summed E-state index contributed by atoms with van der Waals surface area (Å²) in [5.74, 6) is 0. The zero-order valence-corrected chi connectivity index (χ0v) is 14.0. The molecular weight excluding hydrogens is 282 g/mol. The second kappa shape index (κ2) is 9.48. The lowest BCUT2D eigenvalue weighted by molar-refractivity contribution is 0.0806. The Morgan fingerprint density at radius 3 is 2.00 bits per heavy atom. The van der Waals surface area contributed by atoms with Gasteiger partial charge in [0.05, 0.1) is 12.5 Å². The van der Waals surface area contributed by atoms with Gasteiger partial charge in [0.25, 0.3) is 0 Å². The van der Waals surface area contributed by atoms with Crippen molar-refractivity contribution < 1.29 is 13.3 Å². The average Bonchev–Trinajstić information content (AvgIpc) is 2.48. The van der Waals surface area contributed by atoms with E-state index in [0.29, 0.717) is 19.8 Å². The molecule has 21 heavy (non-hydrogen) atoms. The number of allylic oxidation sites excluding steroid dienone is 1. The van der Waals surface area contributed by atoms with Gasteiger partial charge in [-0.15, -0.1) is 0 Å². The molecule has 0 heterocycles. The first-order chi connectivity index (χ1) is 10.2. The molecule has 0 fully saturated rings. The molecule has 0 saturated heterocycles. The molecular formula is C16H23NO3Si. The Labute approximate surface area is 128 Å². The predicted molar refractivity (Wildman–Crippen MR) is 85.3 cm³/mol. The van der Waals surface area contributed by atoms with Crippen LogP contribution in [0, 0.1) is 11.3 Å². The van der Waals surface area contributed by atoms with Crippen LogP contribution in [0.15, 0.2) is 35.5 Å². The minimum absolute atomic E-state index is 0.237. The molecule has 0 bridgehead atoms. The number of nitrogens with zero attached hydrogens (tertiary/aromatic N) is 1. The van der Waals surface area contributed by atoms with Gasteiger partial charge in [0.2, 0.25) is 0 Å². The SMILES string of the molecule is CCO[Si](OCC)(OCC)C(=Cc1ccccc1)CC#N. The first-order valence-corrected chi connectivity index (χ1v) is 8.99. The lowest BCUT2D eigenvalue weighted by Crippen LogP contribution is -2.48. The topological polar surface area (TPSA) is 51.5 Å². The monoisotopic (exact) mass is 305 g/mol. The number of benzene rings is 1. The van der Waals surface area contributed by atoms with Crippen LogP contribution in [0.4, 0.5) is 0 Å². The minimum Gasteiger partial charge on any atom is -0.370 e. The highest BCUT2D eigenvalue weighted by atomic mass is 28.4. The van der Waals surface area contributed by atoms with Gasteiger partial charge < -0.3 is 13.3 Å². The van der Waals surface area contributed by atoms with E-state index in [2.05, 4.69) is 6.07 Å². The summed E-state index contributed by atoms with van der Waals surface area (Å²) in [7, 11) is -2.99. The van der Waals surface area contributed by atoms with Crippen molar-refractivity contribution in [3.8, 4) is 6.07 Å². The second-order valence-electron chi connectivity index (χ2n) is 4.27. The molecule has 0 aromatic heterocycles. The molecule has 1 aromatic rings. The summed E-state index contributed by atoms with van der Waals surface area (Å²) in [5.41, 5.74) is 1.01. The lowest BCUT2D eigenvalue weighted by Gasteiger charge is -2.29. The Bertz CT molecular complexity index is 465. The molecule has 0 aliphatic rings. The third-order valence-corrected chi connectivity index (χ3v) is 5.92. The van der Waals surface area contributed by atoms with Crippen molar-refractivity contribution in [2.75, 3.05) is 19.8 Å². The molecule has 114 valence electrons. The fraction of sp³-hybridized carbons (Fsp3) is 0.438. The molecule has 5 heteroatoms. The number of nitriles is 1. The van der Waals surface area contributed by atoms with Crippen molar-refractivity contribution in [2.45, 2.75) is 27.2 Å². The van der Waals surface area contributed by atoms with Crippen LogP contribution in [0.1, 0.15) is 32.8 Å². The van der Waals surface area contributed by atoms with Crippen LogP contribution in [-0.2, 0) is 13.3 Å². The van der Waals surface area contributed by atoms with Crippen LogP contribution in [-0.4, -0.2) is 28.6 Å². The van der Waals surface area contributed by atoms with Crippen LogP contribution in [0.2, 0.25) is 0 Å². The highest BCUT2D eigenvalue weighted by Crippen LogP contribution is 2.25. The fourth-order valence-electron chi connectivity index (χ4n) is 2.06. The molecule has 0 unspecified atom stereocenters. The van der Waals surface area contributed by atoms with Crippen molar-refractivity contribution in [3.63, 3.8) is 0 Å². The summed E-state index contributed by atoms with van der Waals surface area (Å²) in [4.78, 5) is 0. The van der Waals surface area contributed by atoms with Gasteiger partial charge in [-0.2, -0.15) is 5.26 Å². The van der Waals surface area contributed by atoms with Gasteiger partial charge in [0.1, 0.15) is 0 Å². The molecule has 0 spiro atoms. The van der Waals surface area contributed by atoms with E-state index in [0.717, 1.165) is 10.8 Å². The molecule has 0 saturated carbocycles. The zero-order valence-electron chi connectivity index (χ0n) is 13.0. The molecule has 0 N–H and O–H groups in total. The summed E-state index contributed by atoms with van der Waals surface area (Å²) in [5, 5.41) is 9.95. The zero-order chi connectivity index (χ0) is 15.6. The molecule has 0 aliphatic carbocycles. The van der Waals surface area contributed by atoms with E-state index in [4.69, 9.17) is 18.5 Å². The van der Waals surface area contributed by atoms with Crippen LogP contribution in [0.25, 0.3) is 6.08 Å². The van der Waals surface area contributed by atoms with Gasteiger partial charge in [-0.3, -0.25) is 0 Å². The summed E-state index contributed by atoms with van der Waals surface area (Å²) in [6, 6.07) is 12.0. The first-order valence-electron chi connectivity index (χ1n) is 7.27. The Morgan fingerprint density at radius 2 is 1.57 bits per heavy atom. The second-order valence-corrected chi connectivity index (χ2v) is 6.89. The van der Waals surface area contributed by atoms with E-state index in [9.17, 15) is 0 Å².